The van der Waals surface area contributed by atoms with E-state index in [0.717, 1.165) is 39.5 Å². The van der Waals surface area contributed by atoms with Crippen LogP contribution in [0.3, 0.4) is 0 Å². The average molecular weight is 541 g/mol. The molecule has 0 bridgehead atoms. The number of fused-ring (bicyclic) bond motifs is 1. The molecule has 5 aromatic rings. The zero-order valence-electron chi connectivity index (χ0n) is 20.0. The largest absolute Gasteiger partial charge is 0.486 e. The van der Waals surface area contributed by atoms with E-state index < -0.39 is 0 Å². The first-order valence-corrected chi connectivity index (χ1v) is 13.1. The van der Waals surface area contributed by atoms with E-state index in [1.54, 1.807) is 10.8 Å². The van der Waals surface area contributed by atoms with Crippen molar-refractivity contribution in [2.75, 3.05) is 18.5 Å². The molecule has 0 saturated heterocycles. The Bertz CT molecular complexity index is 1630. The number of hydrogen-bond donors (Lipinski definition) is 1. The first-order valence-electron chi connectivity index (χ1n) is 11.9. The van der Waals surface area contributed by atoms with Crippen molar-refractivity contribution in [3.63, 3.8) is 0 Å². The van der Waals surface area contributed by atoms with Gasteiger partial charge in [-0.3, -0.25) is 10.1 Å². The van der Waals surface area contributed by atoms with Crippen LogP contribution in [0.15, 0.2) is 90.4 Å². The van der Waals surface area contributed by atoms with E-state index in [1.165, 1.54) is 17.4 Å². The fraction of sp³-hybridized carbons (Fsp3) is 0.0690. The predicted octanol–water partition coefficient (Wildman–Crippen LogP) is 6.74. The van der Waals surface area contributed by atoms with Crippen molar-refractivity contribution in [2.24, 2.45) is 0 Å². The number of ether oxygens (including phenoxy) is 2. The fourth-order valence-electron chi connectivity index (χ4n) is 4.03. The lowest BCUT2D eigenvalue weighted by molar-refractivity contribution is -0.111. The average Bonchev–Trinajstić information content (AvgIpc) is 3.60. The van der Waals surface area contributed by atoms with E-state index >= 15 is 0 Å². The molecule has 0 spiro atoms. The van der Waals surface area contributed by atoms with Crippen molar-refractivity contribution < 1.29 is 14.3 Å². The Morgan fingerprint density at radius 3 is 2.55 bits per heavy atom. The topological polar surface area (TPSA) is 78.3 Å². The zero-order valence-corrected chi connectivity index (χ0v) is 21.6. The fourth-order valence-corrected chi connectivity index (χ4v) is 4.88. The minimum atomic E-state index is -0.289. The monoisotopic (exact) mass is 540 g/mol. The Hall–Kier alpha value is -4.40. The number of anilines is 1. The molecule has 2 aromatic heterocycles. The number of rotatable bonds is 6. The van der Waals surface area contributed by atoms with E-state index in [0.29, 0.717) is 29.1 Å². The molecule has 188 valence electrons. The Morgan fingerprint density at radius 2 is 1.74 bits per heavy atom. The maximum atomic E-state index is 12.8. The van der Waals surface area contributed by atoms with Crippen LogP contribution in [0, 0.1) is 0 Å². The van der Waals surface area contributed by atoms with E-state index in [-0.39, 0.29) is 5.91 Å². The van der Waals surface area contributed by atoms with Gasteiger partial charge in [0.2, 0.25) is 5.91 Å². The SMILES string of the molecule is O=C(C=Cc1cn(-c2ccccc2)nc1-c1ccc(Cl)cc1)Nc1nc(-c2ccc3c(c2)OCCO3)cs1. The smallest absolute Gasteiger partial charge is 0.250 e. The van der Waals surface area contributed by atoms with Gasteiger partial charge in [0.25, 0.3) is 0 Å². The lowest BCUT2D eigenvalue weighted by Gasteiger charge is -2.18. The van der Waals surface area contributed by atoms with Gasteiger partial charge in [0.05, 0.1) is 17.1 Å². The van der Waals surface area contributed by atoms with Gasteiger partial charge in [-0.1, -0.05) is 41.9 Å². The minimum Gasteiger partial charge on any atom is -0.486 e. The summed E-state index contributed by atoms with van der Waals surface area (Å²) in [5.41, 5.74) is 4.99. The molecule has 7 nitrogen and oxygen atoms in total. The maximum Gasteiger partial charge on any atom is 0.250 e. The molecule has 9 heteroatoms. The highest BCUT2D eigenvalue weighted by atomic mass is 35.5. The highest BCUT2D eigenvalue weighted by Crippen LogP contribution is 2.35. The predicted molar refractivity (Wildman–Crippen MR) is 150 cm³/mol. The van der Waals surface area contributed by atoms with Crippen LogP contribution in [0.5, 0.6) is 11.5 Å². The highest BCUT2D eigenvalue weighted by molar-refractivity contribution is 7.14. The van der Waals surface area contributed by atoms with Crippen LogP contribution in [-0.4, -0.2) is 33.9 Å². The number of nitrogens with one attached hydrogen (secondary N) is 1. The summed E-state index contributed by atoms with van der Waals surface area (Å²) in [5.74, 6) is 1.13. The first-order chi connectivity index (χ1) is 18.6. The third-order valence-corrected chi connectivity index (χ3v) is 6.88. The molecule has 1 aliphatic rings. The molecule has 0 aliphatic carbocycles. The van der Waals surface area contributed by atoms with Crippen LogP contribution >= 0.6 is 22.9 Å². The van der Waals surface area contributed by atoms with Gasteiger partial charge in [-0.05, 0) is 48.5 Å². The summed E-state index contributed by atoms with van der Waals surface area (Å²) in [5, 5.41) is 10.7. The molecule has 0 saturated carbocycles. The van der Waals surface area contributed by atoms with Crippen molar-refractivity contribution >= 4 is 40.1 Å². The van der Waals surface area contributed by atoms with Crippen LogP contribution in [0.2, 0.25) is 5.02 Å². The highest BCUT2D eigenvalue weighted by Gasteiger charge is 2.15. The van der Waals surface area contributed by atoms with Crippen LogP contribution in [0.1, 0.15) is 5.56 Å². The van der Waals surface area contributed by atoms with E-state index in [2.05, 4.69) is 10.3 Å². The molecule has 3 heterocycles. The van der Waals surface area contributed by atoms with Crippen molar-refractivity contribution in [3.8, 4) is 39.7 Å². The summed E-state index contributed by atoms with van der Waals surface area (Å²) in [6.45, 7) is 1.06. The van der Waals surface area contributed by atoms with Crippen molar-refractivity contribution in [2.45, 2.75) is 0 Å². The van der Waals surface area contributed by atoms with Gasteiger partial charge in [-0.25, -0.2) is 9.67 Å². The Morgan fingerprint density at radius 1 is 0.974 bits per heavy atom. The van der Waals surface area contributed by atoms with Gasteiger partial charge in [-0.2, -0.15) is 5.10 Å². The number of benzene rings is 3. The molecule has 1 aliphatic heterocycles. The number of nitrogens with zero attached hydrogens (tertiary/aromatic N) is 3. The van der Waals surface area contributed by atoms with Gasteiger partial charge in [-0.15, -0.1) is 11.3 Å². The number of amides is 1. The molecule has 1 N–H and O–H groups in total. The summed E-state index contributed by atoms with van der Waals surface area (Å²) in [6.07, 6.45) is 5.13. The second-order valence-corrected chi connectivity index (χ2v) is 9.73. The normalized spacial score (nSPS) is 12.6. The lowest BCUT2D eigenvalue weighted by atomic mass is 10.1. The lowest BCUT2D eigenvalue weighted by Crippen LogP contribution is -2.15. The first kappa shape index (κ1) is 24.0. The van der Waals surface area contributed by atoms with Crippen LogP contribution in [0.25, 0.3) is 34.3 Å². The summed E-state index contributed by atoms with van der Waals surface area (Å²) < 4.78 is 13.0. The molecule has 0 unspecified atom stereocenters. The summed E-state index contributed by atoms with van der Waals surface area (Å²) in [4.78, 5) is 17.3. The van der Waals surface area contributed by atoms with E-state index in [4.69, 9.17) is 26.2 Å². The van der Waals surface area contributed by atoms with Gasteiger partial charge in [0, 0.05) is 39.4 Å². The quantitative estimate of drug-likeness (QED) is 0.241. The van der Waals surface area contributed by atoms with Crippen molar-refractivity contribution in [1.29, 1.82) is 0 Å². The maximum absolute atomic E-state index is 12.8. The number of thiazole rings is 1. The Labute approximate surface area is 227 Å². The molecule has 38 heavy (non-hydrogen) atoms. The number of para-hydroxylation sites is 1. The molecular formula is C29H21ClN4O3S. The molecule has 0 fully saturated rings. The summed E-state index contributed by atoms with van der Waals surface area (Å²) in [7, 11) is 0. The van der Waals surface area contributed by atoms with Gasteiger partial charge in [0.1, 0.15) is 13.2 Å². The number of carbonyl (C=O) groups is 1. The number of carbonyl (C=O) groups excluding carboxylic acids is 1. The molecule has 6 rings (SSSR count). The van der Waals surface area contributed by atoms with E-state index in [1.807, 2.05) is 84.4 Å². The van der Waals surface area contributed by atoms with Crippen LogP contribution in [0.4, 0.5) is 5.13 Å². The third-order valence-electron chi connectivity index (χ3n) is 5.87. The van der Waals surface area contributed by atoms with Gasteiger partial charge in [0.15, 0.2) is 16.6 Å². The number of hydrogen-bond acceptors (Lipinski definition) is 6. The minimum absolute atomic E-state index is 0.289. The Balaban J connectivity index is 1.21. The van der Waals surface area contributed by atoms with Crippen molar-refractivity contribution in [3.05, 3.63) is 101 Å². The van der Waals surface area contributed by atoms with Crippen LogP contribution < -0.4 is 14.8 Å². The molecule has 3 aromatic carbocycles. The molecular weight excluding hydrogens is 520 g/mol. The summed E-state index contributed by atoms with van der Waals surface area (Å²) in [6, 6.07) is 23.0. The van der Waals surface area contributed by atoms with E-state index in [9.17, 15) is 4.79 Å². The standard InChI is InChI=1S/C29H21ClN4O3S/c30-22-10-6-19(7-11-22)28-21(17-34(33-28)23-4-2-1-3-5-23)9-13-27(35)32-29-31-24(18-38-29)20-8-12-25-26(16-20)37-15-14-36-25/h1-13,16-18H,14-15H2,(H,31,32,35). The summed E-state index contributed by atoms with van der Waals surface area (Å²) >= 11 is 7.44. The second kappa shape index (κ2) is 10.5. The number of halogens is 1. The van der Waals surface area contributed by atoms with Crippen molar-refractivity contribution in [1.82, 2.24) is 14.8 Å². The molecule has 0 radical (unpaired) electrons. The number of aromatic nitrogens is 3. The zero-order chi connectivity index (χ0) is 25.9. The van der Waals surface area contributed by atoms with Gasteiger partial charge >= 0.3 is 0 Å². The van der Waals surface area contributed by atoms with Crippen LogP contribution in [-0.2, 0) is 4.79 Å². The second-order valence-electron chi connectivity index (χ2n) is 8.44. The third kappa shape index (κ3) is 5.18. The molecule has 0 atom stereocenters. The Kier molecular flexibility index (Phi) is 6.64. The molecule has 1 amide bonds. The van der Waals surface area contributed by atoms with Gasteiger partial charge < -0.3 is 9.47 Å².